The van der Waals surface area contributed by atoms with Gasteiger partial charge in [-0.1, -0.05) is 46.6 Å². The van der Waals surface area contributed by atoms with Gasteiger partial charge in [0.25, 0.3) is 0 Å². The van der Waals surface area contributed by atoms with E-state index >= 15 is 0 Å². The molecule has 2 atom stereocenters. The Hall–Kier alpha value is -0.300. The van der Waals surface area contributed by atoms with Gasteiger partial charge in [-0.25, -0.2) is 0 Å². The molecule has 0 rings (SSSR count). The van der Waals surface area contributed by atoms with Crippen LogP contribution >= 0.6 is 0 Å². The van der Waals surface area contributed by atoms with E-state index in [1.807, 2.05) is 6.08 Å². The molecule has 0 aliphatic carbocycles. The van der Waals surface area contributed by atoms with Crippen molar-refractivity contribution in [3.63, 3.8) is 0 Å². The minimum Gasteiger partial charge on any atom is -0.393 e. The Morgan fingerprint density at radius 2 is 1.71 bits per heavy atom. The predicted octanol–water partition coefficient (Wildman–Crippen LogP) is 3.78. The molecule has 0 saturated carbocycles. The van der Waals surface area contributed by atoms with E-state index in [1.54, 1.807) is 0 Å². The summed E-state index contributed by atoms with van der Waals surface area (Å²) in [5.41, 5.74) is 0.0462. The van der Waals surface area contributed by atoms with Crippen LogP contribution in [0, 0.1) is 11.3 Å². The number of rotatable bonds is 7. The van der Waals surface area contributed by atoms with Crippen molar-refractivity contribution in [1.29, 1.82) is 0 Å². The second-order valence-corrected chi connectivity index (χ2v) is 4.78. The van der Waals surface area contributed by atoms with Crippen LogP contribution in [-0.2, 0) is 0 Å². The average Bonchev–Trinajstić information content (AvgIpc) is 2.14. The largest absolute Gasteiger partial charge is 0.393 e. The molecule has 14 heavy (non-hydrogen) atoms. The van der Waals surface area contributed by atoms with Crippen molar-refractivity contribution in [3.8, 4) is 0 Å². The topological polar surface area (TPSA) is 20.2 Å². The minimum atomic E-state index is -0.173. The maximum atomic E-state index is 10.1. The van der Waals surface area contributed by atoms with Crippen molar-refractivity contribution in [3.05, 3.63) is 12.7 Å². The molecule has 1 nitrogen and oxygen atoms in total. The molecule has 1 N–H and O–H groups in total. The van der Waals surface area contributed by atoms with E-state index in [9.17, 15) is 5.11 Å². The van der Waals surface area contributed by atoms with Gasteiger partial charge in [-0.05, 0) is 24.2 Å². The van der Waals surface area contributed by atoms with Crippen LogP contribution in [0.15, 0.2) is 12.7 Å². The quantitative estimate of drug-likeness (QED) is 0.617. The first-order chi connectivity index (χ1) is 6.49. The van der Waals surface area contributed by atoms with Gasteiger partial charge in [-0.3, -0.25) is 0 Å². The lowest BCUT2D eigenvalue weighted by Gasteiger charge is -2.35. The van der Waals surface area contributed by atoms with Crippen LogP contribution in [0.3, 0.4) is 0 Å². The van der Waals surface area contributed by atoms with Crippen LogP contribution in [0.4, 0.5) is 0 Å². The van der Waals surface area contributed by atoms with E-state index < -0.39 is 0 Å². The summed E-state index contributed by atoms with van der Waals surface area (Å²) >= 11 is 0. The smallest absolute Gasteiger partial charge is 0.0576 e. The van der Waals surface area contributed by atoms with Crippen LogP contribution in [-0.4, -0.2) is 11.2 Å². The van der Waals surface area contributed by atoms with Crippen LogP contribution in [0.2, 0.25) is 0 Å². The fraction of sp³-hybridized carbons (Fsp3) is 0.846. The molecule has 0 bridgehead atoms. The van der Waals surface area contributed by atoms with Gasteiger partial charge in [0.05, 0.1) is 6.10 Å². The Morgan fingerprint density at radius 3 is 2.07 bits per heavy atom. The summed E-state index contributed by atoms with van der Waals surface area (Å²) in [6.45, 7) is 12.5. The molecule has 84 valence electrons. The van der Waals surface area contributed by atoms with E-state index in [0.717, 1.165) is 25.7 Å². The first-order valence-electron chi connectivity index (χ1n) is 5.81. The predicted molar refractivity (Wildman–Crippen MR) is 63.3 cm³/mol. The summed E-state index contributed by atoms with van der Waals surface area (Å²) in [6.07, 6.45) is 5.97. The molecule has 0 amide bonds. The fourth-order valence-electron chi connectivity index (χ4n) is 2.02. The van der Waals surface area contributed by atoms with Gasteiger partial charge in [0.1, 0.15) is 0 Å². The lowest BCUT2D eigenvalue weighted by molar-refractivity contribution is 0.0424. The maximum Gasteiger partial charge on any atom is 0.0576 e. The molecular weight excluding hydrogens is 172 g/mol. The summed E-state index contributed by atoms with van der Waals surface area (Å²) in [5, 5.41) is 10.1. The lowest BCUT2D eigenvalue weighted by atomic mass is 9.72. The lowest BCUT2D eigenvalue weighted by Crippen LogP contribution is -2.32. The standard InChI is InChI=1S/C13H26O/c1-6-9-11(12(14)10-7-2)13(4,5)8-3/h8,11-12,14H,3,6-7,9-10H2,1-2,4-5H3/t11-,12+/m0/s1. The van der Waals surface area contributed by atoms with Crippen LogP contribution < -0.4 is 0 Å². The molecule has 0 spiro atoms. The number of aliphatic hydroxyl groups excluding tert-OH is 1. The van der Waals surface area contributed by atoms with Gasteiger partial charge in [-0.2, -0.15) is 0 Å². The van der Waals surface area contributed by atoms with Crippen molar-refractivity contribution in [2.45, 2.75) is 59.5 Å². The second-order valence-electron chi connectivity index (χ2n) is 4.78. The number of allylic oxidation sites excluding steroid dienone is 1. The molecule has 0 aromatic heterocycles. The summed E-state index contributed by atoms with van der Waals surface area (Å²) in [6, 6.07) is 0. The Bertz CT molecular complexity index is 161. The molecule has 1 heteroatoms. The molecule has 0 heterocycles. The average molecular weight is 198 g/mol. The normalized spacial score (nSPS) is 16.4. The molecular formula is C13H26O. The van der Waals surface area contributed by atoms with Crippen molar-refractivity contribution in [2.75, 3.05) is 0 Å². The first kappa shape index (κ1) is 13.7. The third kappa shape index (κ3) is 3.83. The molecule has 0 radical (unpaired) electrons. The Morgan fingerprint density at radius 1 is 1.21 bits per heavy atom. The molecule has 0 aliphatic heterocycles. The highest BCUT2D eigenvalue weighted by atomic mass is 16.3. The zero-order chi connectivity index (χ0) is 11.2. The van der Waals surface area contributed by atoms with E-state index in [0.29, 0.717) is 5.92 Å². The first-order valence-corrected chi connectivity index (χ1v) is 5.81. The van der Waals surface area contributed by atoms with E-state index in [2.05, 4.69) is 34.3 Å². The maximum absolute atomic E-state index is 10.1. The molecule has 0 aromatic carbocycles. The minimum absolute atomic E-state index is 0.0462. The molecule has 0 fully saturated rings. The molecule has 0 aromatic rings. The van der Waals surface area contributed by atoms with Crippen molar-refractivity contribution in [2.24, 2.45) is 11.3 Å². The summed E-state index contributed by atoms with van der Waals surface area (Å²) in [5.74, 6) is 0.352. The SMILES string of the molecule is C=CC(C)(C)[C@@H](CCC)[C@H](O)CCC. The fourth-order valence-corrected chi connectivity index (χ4v) is 2.02. The summed E-state index contributed by atoms with van der Waals surface area (Å²) in [7, 11) is 0. The molecule has 0 saturated heterocycles. The zero-order valence-corrected chi connectivity index (χ0v) is 10.2. The van der Waals surface area contributed by atoms with Gasteiger partial charge >= 0.3 is 0 Å². The van der Waals surface area contributed by atoms with E-state index in [4.69, 9.17) is 0 Å². The van der Waals surface area contributed by atoms with Gasteiger partial charge < -0.3 is 5.11 Å². The van der Waals surface area contributed by atoms with Crippen molar-refractivity contribution < 1.29 is 5.11 Å². The highest BCUT2D eigenvalue weighted by Crippen LogP contribution is 2.35. The third-order valence-corrected chi connectivity index (χ3v) is 3.13. The van der Waals surface area contributed by atoms with Crippen LogP contribution in [0.25, 0.3) is 0 Å². The van der Waals surface area contributed by atoms with Crippen molar-refractivity contribution in [1.82, 2.24) is 0 Å². The Kier molecular flexibility index (Phi) is 6.10. The Labute approximate surface area is 89.2 Å². The molecule has 0 unspecified atom stereocenters. The van der Waals surface area contributed by atoms with Gasteiger partial charge in [0.15, 0.2) is 0 Å². The van der Waals surface area contributed by atoms with E-state index in [1.165, 1.54) is 0 Å². The van der Waals surface area contributed by atoms with Crippen molar-refractivity contribution >= 4 is 0 Å². The zero-order valence-electron chi connectivity index (χ0n) is 10.2. The Balaban J connectivity index is 4.48. The highest BCUT2D eigenvalue weighted by Gasteiger charge is 2.30. The summed E-state index contributed by atoms with van der Waals surface area (Å²) < 4.78 is 0. The molecule has 0 aliphatic rings. The van der Waals surface area contributed by atoms with Crippen LogP contribution in [0.1, 0.15) is 53.4 Å². The monoisotopic (exact) mass is 198 g/mol. The second kappa shape index (κ2) is 6.23. The van der Waals surface area contributed by atoms with Crippen LogP contribution in [0.5, 0.6) is 0 Å². The van der Waals surface area contributed by atoms with Gasteiger partial charge in [-0.15, -0.1) is 6.58 Å². The number of hydrogen-bond acceptors (Lipinski definition) is 1. The van der Waals surface area contributed by atoms with E-state index in [-0.39, 0.29) is 11.5 Å². The number of aliphatic hydroxyl groups is 1. The van der Waals surface area contributed by atoms with Gasteiger partial charge in [0.2, 0.25) is 0 Å². The number of hydrogen-bond donors (Lipinski definition) is 1. The third-order valence-electron chi connectivity index (χ3n) is 3.13. The highest BCUT2D eigenvalue weighted by molar-refractivity contribution is 4.95. The van der Waals surface area contributed by atoms with Gasteiger partial charge in [0, 0.05) is 0 Å². The summed E-state index contributed by atoms with van der Waals surface area (Å²) in [4.78, 5) is 0.